The average Bonchev–Trinajstić information content (AvgIpc) is 3.00. The molecule has 2 fully saturated rings. The van der Waals surface area contributed by atoms with Gasteiger partial charge in [-0.15, -0.1) is 0 Å². The molecule has 7 nitrogen and oxygen atoms in total. The van der Waals surface area contributed by atoms with E-state index in [9.17, 15) is 18.4 Å². The molecule has 3 heterocycles. The van der Waals surface area contributed by atoms with Crippen molar-refractivity contribution in [1.82, 2.24) is 20.1 Å². The third-order valence-electron chi connectivity index (χ3n) is 5.11. The zero-order valence-corrected chi connectivity index (χ0v) is 15.7. The highest BCUT2D eigenvalue weighted by Gasteiger charge is 2.29. The van der Waals surface area contributed by atoms with Gasteiger partial charge in [0.1, 0.15) is 18.1 Å². The summed E-state index contributed by atoms with van der Waals surface area (Å²) in [6, 6.07) is 2.45. The van der Waals surface area contributed by atoms with Gasteiger partial charge in [0, 0.05) is 39.3 Å². The van der Waals surface area contributed by atoms with Crippen molar-refractivity contribution in [3.05, 3.63) is 34.5 Å². The van der Waals surface area contributed by atoms with Crippen LogP contribution in [-0.2, 0) is 9.53 Å². The monoisotopic (exact) mass is 412 g/mol. The Bertz CT molecular complexity index is 923. The maximum Gasteiger partial charge on any atom is 0.273 e. The minimum Gasteiger partial charge on any atom is -0.366 e. The van der Waals surface area contributed by atoms with E-state index in [4.69, 9.17) is 16.3 Å². The predicted octanol–water partition coefficient (Wildman–Crippen LogP) is 1.37. The number of nitrogens with zero attached hydrogens (tertiary/aromatic N) is 2. The lowest BCUT2D eigenvalue weighted by Gasteiger charge is -2.35. The van der Waals surface area contributed by atoms with Gasteiger partial charge >= 0.3 is 0 Å². The van der Waals surface area contributed by atoms with E-state index in [0.29, 0.717) is 13.1 Å². The van der Waals surface area contributed by atoms with Crippen molar-refractivity contribution in [2.24, 2.45) is 0 Å². The summed E-state index contributed by atoms with van der Waals surface area (Å²) in [6.45, 7) is 2.74. The molecule has 2 aromatic rings. The minimum atomic E-state index is -0.870. The summed E-state index contributed by atoms with van der Waals surface area (Å²) in [4.78, 5) is 30.7. The number of hydrogen-bond donors (Lipinski definition) is 2. The zero-order chi connectivity index (χ0) is 19.8. The smallest absolute Gasteiger partial charge is 0.273 e. The number of hydrogen-bond acceptors (Lipinski definition) is 4. The average molecular weight is 413 g/mol. The summed E-state index contributed by atoms with van der Waals surface area (Å²) in [7, 11) is 0. The lowest BCUT2D eigenvalue weighted by Crippen LogP contribution is -2.53. The summed E-state index contributed by atoms with van der Waals surface area (Å²) < 4.78 is 33.7. The van der Waals surface area contributed by atoms with E-state index in [0.717, 1.165) is 19.2 Å². The number of ether oxygens (including phenoxy) is 1. The van der Waals surface area contributed by atoms with Crippen LogP contribution in [0.4, 0.5) is 8.78 Å². The molecule has 150 valence electrons. The number of aromatic nitrogens is 1. The quantitative estimate of drug-likeness (QED) is 0.795. The summed E-state index contributed by atoms with van der Waals surface area (Å²) in [6.07, 6.45) is 0.0773. The van der Waals surface area contributed by atoms with Gasteiger partial charge in [0.2, 0.25) is 5.91 Å². The Kier molecular flexibility index (Phi) is 5.22. The van der Waals surface area contributed by atoms with Crippen molar-refractivity contribution in [2.45, 2.75) is 6.10 Å². The van der Waals surface area contributed by atoms with Crippen LogP contribution in [0.2, 0.25) is 5.02 Å². The fourth-order valence-corrected chi connectivity index (χ4v) is 3.56. The highest BCUT2D eigenvalue weighted by molar-refractivity contribution is 6.35. The Morgan fingerprint density at radius 3 is 2.46 bits per heavy atom. The van der Waals surface area contributed by atoms with E-state index >= 15 is 0 Å². The molecular formula is C18H19ClF2N4O3. The van der Waals surface area contributed by atoms with Gasteiger partial charge in [-0.3, -0.25) is 9.59 Å². The molecule has 0 saturated carbocycles. The van der Waals surface area contributed by atoms with Gasteiger partial charge in [-0.2, -0.15) is 0 Å². The maximum absolute atomic E-state index is 14.7. The Labute approximate surface area is 164 Å². The molecule has 1 aromatic carbocycles. The highest BCUT2D eigenvalue weighted by Crippen LogP contribution is 2.31. The van der Waals surface area contributed by atoms with E-state index in [1.807, 2.05) is 0 Å². The standard InChI is InChI=1S/C18H19ClF2N4O3/c19-15-11(20)1-2-12-14(15)16(21)17(23-12)18(27)25-5-3-24(4-6-25)13(26)9-28-10-7-22-8-10/h1-2,10,22-23H,3-9H2. The number of benzene rings is 1. The molecule has 10 heteroatoms. The third kappa shape index (κ3) is 3.45. The van der Waals surface area contributed by atoms with Crippen LogP contribution in [0.15, 0.2) is 12.1 Å². The first-order valence-corrected chi connectivity index (χ1v) is 9.38. The second-order valence-corrected chi connectivity index (χ2v) is 7.24. The van der Waals surface area contributed by atoms with Gasteiger partial charge in [-0.25, -0.2) is 8.78 Å². The van der Waals surface area contributed by atoms with Crippen molar-refractivity contribution >= 4 is 34.3 Å². The van der Waals surface area contributed by atoms with E-state index in [2.05, 4.69) is 10.3 Å². The Hall–Kier alpha value is -2.23. The number of rotatable bonds is 4. The van der Waals surface area contributed by atoms with Gasteiger partial charge in [-0.1, -0.05) is 11.6 Å². The molecule has 4 rings (SSSR count). The molecule has 0 bridgehead atoms. The second-order valence-electron chi connectivity index (χ2n) is 6.86. The Morgan fingerprint density at radius 2 is 1.82 bits per heavy atom. The van der Waals surface area contributed by atoms with Crippen LogP contribution in [0.1, 0.15) is 10.5 Å². The largest absolute Gasteiger partial charge is 0.366 e. The van der Waals surface area contributed by atoms with Crippen LogP contribution < -0.4 is 5.32 Å². The first-order chi connectivity index (χ1) is 13.5. The molecule has 0 radical (unpaired) electrons. The lowest BCUT2D eigenvalue weighted by molar-refractivity contribution is -0.140. The van der Waals surface area contributed by atoms with Crippen LogP contribution in [0, 0.1) is 11.6 Å². The summed E-state index contributed by atoms with van der Waals surface area (Å²) in [5.74, 6) is -2.30. The first-order valence-electron chi connectivity index (χ1n) is 9.00. The summed E-state index contributed by atoms with van der Waals surface area (Å²) in [5, 5.41) is 2.57. The molecule has 28 heavy (non-hydrogen) atoms. The van der Waals surface area contributed by atoms with Crippen molar-refractivity contribution < 1.29 is 23.1 Å². The number of amides is 2. The third-order valence-corrected chi connectivity index (χ3v) is 5.48. The van der Waals surface area contributed by atoms with Crippen LogP contribution in [0.25, 0.3) is 10.9 Å². The van der Waals surface area contributed by atoms with E-state index in [-0.39, 0.29) is 53.3 Å². The number of halogens is 3. The Morgan fingerprint density at radius 1 is 1.14 bits per heavy atom. The van der Waals surface area contributed by atoms with Crippen molar-refractivity contribution in [3.8, 4) is 0 Å². The fraction of sp³-hybridized carbons (Fsp3) is 0.444. The summed E-state index contributed by atoms with van der Waals surface area (Å²) in [5.41, 5.74) is -0.00760. The molecule has 2 aliphatic heterocycles. The van der Waals surface area contributed by atoms with Gasteiger partial charge in [0.05, 0.1) is 22.0 Å². The van der Waals surface area contributed by atoms with E-state index in [1.165, 1.54) is 11.0 Å². The first kappa shape index (κ1) is 19.1. The molecule has 0 unspecified atom stereocenters. The number of carbonyl (C=O) groups excluding carboxylic acids is 2. The highest BCUT2D eigenvalue weighted by atomic mass is 35.5. The molecule has 0 spiro atoms. The normalized spacial score (nSPS) is 17.8. The van der Waals surface area contributed by atoms with Crippen LogP contribution in [0.3, 0.4) is 0 Å². The number of H-pyrrole nitrogens is 1. The van der Waals surface area contributed by atoms with Crippen LogP contribution >= 0.6 is 11.6 Å². The molecule has 2 amide bonds. The van der Waals surface area contributed by atoms with Gasteiger partial charge in [-0.05, 0) is 12.1 Å². The predicted molar refractivity (Wildman–Crippen MR) is 98.3 cm³/mol. The molecular weight excluding hydrogens is 394 g/mol. The number of aromatic amines is 1. The molecule has 2 N–H and O–H groups in total. The number of carbonyl (C=O) groups is 2. The molecule has 2 aliphatic rings. The van der Waals surface area contributed by atoms with Gasteiger partial charge in [0.15, 0.2) is 5.82 Å². The van der Waals surface area contributed by atoms with Crippen LogP contribution in [-0.4, -0.2) is 78.6 Å². The number of nitrogens with one attached hydrogen (secondary N) is 2. The maximum atomic E-state index is 14.7. The minimum absolute atomic E-state index is 0.0149. The van der Waals surface area contributed by atoms with Crippen molar-refractivity contribution in [3.63, 3.8) is 0 Å². The molecule has 1 aromatic heterocycles. The van der Waals surface area contributed by atoms with Gasteiger partial charge in [0.25, 0.3) is 5.91 Å². The van der Waals surface area contributed by atoms with Crippen molar-refractivity contribution in [1.29, 1.82) is 0 Å². The van der Waals surface area contributed by atoms with E-state index < -0.39 is 17.5 Å². The number of piperazine rings is 1. The molecule has 0 aliphatic carbocycles. The van der Waals surface area contributed by atoms with Gasteiger partial charge < -0.3 is 24.8 Å². The SMILES string of the molecule is O=C(COC1CNC1)N1CCN(C(=O)c2[nH]c3ccc(F)c(Cl)c3c2F)CC1. The number of fused-ring (bicyclic) bond motifs is 1. The van der Waals surface area contributed by atoms with Crippen LogP contribution in [0.5, 0.6) is 0 Å². The van der Waals surface area contributed by atoms with E-state index in [1.54, 1.807) is 4.90 Å². The lowest BCUT2D eigenvalue weighted by atomic mass is 10.2. The summed E-state index contributed by atoms with van der Waals surface area (Å²) >= 11 is 5.84. The zero-order valence-electron chi connectivity index (χ0n) is 14.9. The molecule has 2 saturated heterocycles. The second kappa shape index (κ2) is 7.65. The Balaban J connectivity index is 1.40. The topological polar surface area (TPSA) is 77.7 Å². The molecule has 0 atom stereocenters. The fourth-order valence-electron chi connectivity index (χ4n) is 3.31. The van der Waals surface area contributed by atoms with Crippen molar-refractivity contribution in [2.75, 3.05) is 45.9 Å².